The van der Waals surface area contributed by atoms with E-state index in [9.17, 15) is 10.2 Å². The molecule has 3 aliphatic carbocycles. The number of allylic oxidation sites excluding steroid dienone is 1. The van der Waals surface area contributed by atoms with Gasteiger partial charge in [0.1, 0.15) is 6.10 Å². The van der Waals surface area contributed by atoms with E-state index in [-0.39, 0.29) is 11.0 Å². The zero-order chi connectivity index (χ0) is 22.6. The summed E-state index contributed by atoms with van der Waals surface area (Å²) < 4.78 is 7.11. The number of rotatable bonds is 1. The molecule has 5 heteroatoms. The fraction of sp³-hybridized carbons (Fsp3) is 0.536. The highest BCUT2D eigenvalue weighted by Gasteiger charge is 2.67. The van der Waals surface area contributed by atoms with Crippen molar-refractivity contribution >= 4 is 10.8 Å². The number of hydrogen-bond donors (Lipinski definition) is 3. The third kappa shape index (κ3) is 2.49. The Kier molecular flexibility index (Phi) is 4.03. The molecule has 2 aliphatic heterocycles. The summed E-state index contributed by atoms with van der Waals surface area (Å²) in [6.07, 6.45) is 12.2. The van der Waals surface area contributed by atoms with Crippen molar-refractivity contribution in [2.24, 2.45) is 17.1 Å². The lowest BCUT2D eigenvalue weighted by atomic mass is 9.58. The number of aliphatic hydroxyl groups excluding tert-OH is 2. The molecule has 8 atom stereocenters. The third-order valence-electron chi connectivity index (χ3n) is 9.98. The Bertz CT molecular complexity index is 1220. The lowest BCUT2D eigenvalue weighted by Crippen LogP contribution is -2.61. The van der Waals surface area contributed by atoms with Crippen LogP contribution < -0.4 is 5.73 Å². The molecule has 0 radical (unpaired) electrons. The van der Waals surface area contributed by atoms with Gasteiger partial charge in [0.25, 0.3) is 0 Å². The van der Waals surface area contributed by atoms with Crippen molar-refractivity contribution in [1.82, 2.24) is 4.98 Å². The van der Waals surface area contributed by atoms with E-state index in [0.717, 1.165) is 37.7 Å². The average Bonchev–Trinajstić information content (AvgIpc) is 3.33. The van der Waals surface area contributed by atoms with Crippen LogP contribution in [-0.2, 0) is 4.74 Å². The predicted octanol–water partition coefficient (Wildman–Crippen LogP) is 3.75. The molecule has 33 heavy (non-hydrogen) atoms. The highest BCUT2D eigenvalue weighted by molar-refractivity contribution is 5.82. The minimum Gasteiger partial charge on any atom is -0.388 e. The quantitative estimate of drug-likeness (QED) is 0.624. The first-order chi connectivity index (χ1) is 15.9. The van der Waals surface area contributed by atoms with Gasteiger partial charge < -0.3 is 20.7 Å². The monoisotopic (exact) mass is 444 g/mol. The molecule has 1 saturated heterocycles. The van der Waals surface area contributed by atoms with Crippen molar-refractivity contribution in [3.63, 3.8) is 0 Å². The van der Waals surface area contributed by atoms with Crippen molar-refractivity contribution in [1.29, 1.82) is 0 Å². The van der Waals surface area contributed by atoms with Crippen LogP contribution in [0.3, 0.4) is 0 Å². The van der Waals surface area contributed by atoms with Gasteiger partial charge in [-0.1, -0.05) is 37.3 Å². The first-order valence-electron chi connectivity index (χ1n) is 12.4. The van der Waals surface area contributed by atoms with Crippen LogP contribution in [-0.4, -0.2) is 44.6 Å². The van der Waals surface area contributed by atoms with Gasteiger partial charge in [-0.2, -0.15) is 0 Å². The molecular weight excluding hydrogens is 412 g/mol. The second-order valence-electron chi connectivity index (χ2n) is 11.4. The van der Waals surface area contributed by atoms with Gasteiger partial charge in [-0.05, 0) is 83.9 Å². The first-order valence-corrected chi connectivity index (χ1v) is 12.4. The van der Waals surface area contributed by atoms with Crippen LogP contribution in [0.15, 0.2) is 60.0 Å². The molecule has 0 unspecified atom stereocenters. The van der Waals surface area contributed by atoms with Gasteiger partial charge >= 0.3 is 0 Å². The van der Waals surface area contributed by atoms with Gasteiger partial charge in [0.2, 0.25) is 0 Å². The molecule has 0 amide bonds. The Morgan fingerprint density at radius 1 is 1.12 bits per heavy atom. The van der Waals surface area contributed by atoms with Crippen molar-refractivity contribution in [2.45, 2.75) is 80.8 Å². The van der Waals surface area contributed by atoms with Crippen molar-refractivity contribution in [3.8, 4) is 0 Å². The van der Waals surface area contributed by atoms with Gasteiger partial charge in [0.15, 0.2) is 0 Å². The molecule has 2 aromatic rings. The lowest BCUT2D eigenvalue weighted by molar-refractivity contribution is -0.155. The maximum absolute atomic E-state index is 10.9. The topological polar surface area (TPSA) is 88.6 Å². The molecule has 2 saturated carbocycles. The number of aromatic nitrogens is 1. The van der Waals surface area contributed by atoms with E-state index in [1.165, 1.54) is 21.9 Å². The predicted molar refractivity (Wildman–Crippen MR) is 126 cm³/mol. The Morgan fingerprint density at radius 3 is 2.88 bits per heavy atom. The maximum Gasteiger partial charge on any atom is 0.105 e. The van der Waals surface area contributed by atoms with Crippen LogP contribution in [0.2, 0.25) is 0 Å². The van der Waals surface area contributed by atoms with Crippen LogP contribution >= 0.6 is 0 Å². The zero-order valence-electron chi connectivity index (χ0n) is 19.1. The number of nitrogens with two attached hydrogens (primary N) is 1. The summed E-state index contributed by atoms with van der Waals surface area (Å²) in [6.45, 7) is 2.47. The van der Waals surface area contributed by atoms with E-state index >= 15 is 0 Å². The van der Waals surface area contributed by atoms with Crippen molar-refractivity contribution < 1.29 is 14.9 Å². The lowest BCUT2D eigenvalue weighted by Gasteiger charge is -2.55. The molecule has 5 aliphatic rings. The second-order valence-corrected chi connectivity index (χ2v) is 11.4. The number of hydrogen-bond acceptors (Lipinski definition) is 5. The molecular formula is C28H32N2O3. The van der Waals surface area contributed by atoms with E-state index in [4.69, 9.17) is 10.5 Å². The van der Waals surface area contributed by atoms with Gasteiger partial charge in [0.05, 0.1) is 17.3 Å². The molecule has 7 rings (SSSR count). The van der Waals surface area contributed by atoms with Gasteiger partial charge in [-0.25, -0.2) is 0 Å². The van der Waals surface area contributed by atoms with E-state index < -0.39 is 23.9 Å². The number of ether oxygens (including phenoxy) is 1. The summed E-state index contributed by atoms with van der Waals surface area (Å²) in [4.78, 5) is 4.26. The van der Waals surface area contributed by atoms with Crippen molar-refractivity contribution in [2.75, 3.05) is 0 Å². The SMILES string of the molecule is C[C@]12CC=C3C=C4[C@@H](O)[C@H](O)[C@@H](N)C[C@]45CC[C@]3(O5)[C@@H]1CC[C@@H]2c1ccc2cnccc2c1. The molecule has 4 N–H and O–H groups in total. The number of fused-ring (bicyclic) bond motifs is 2. The highest BCUT2D eigenvalue weighted by atomic mass is 16.5. The third-order valence-corrected chi connectivity index (χ3v) is 9.98. The van der Waals surface area contributed by atoms with E-state index in [2.05, 4.69) is 48.3 Å². The average molecular weight is 445 g/mol. The van der Waals surface area contributed by atoms with Crippen LogP contribution in [0.4, 0.5) is 0 Å². The first kappa shape index (κ1) is 20.3. The summed E-state index contributed by atoms with van der Waals surface area (Å²) in [6, 6.07) is 8.52. The Hall–Kier alpha value is -2.05. The molecule has 1 aromatic carbocycles. The van der Waals surface area contributed by atoms with Gasteiger partial charge in [0, 0.05) is 23.8 Å². The van der Waals surface area contributed by atoms with Gasteiger partial charge in [-0.15, -0.1) is 0 Å². The summed E-state index contributed by atoms with van der Waals surface area (Å²) in [5.41, 5.74) is 9.05. The molecule has 3 fully saturated rings. The van der Waals surface area contributed by atoms with E-state index in [1.807, 2.05) is 12.4 Å². The fourth-order valence-corrected chi connectivity index (χ4v) is 8.36. The normalized spacial score (nSPS) is 45.8. The number of nitrogens with zero attached hydrogens (tertiary/aromatic N) is 1. The molecule has 1 aromatic heterocycles. The Balaban J connectivity index is 1.31. The van der Waals surface area contributed by atoms with Crippen LogP contribution in [0.25, 0.3) is 10.8 Å². The molecule has 2 spiro atoms. The van der Waals surface area contributed by atoms with Crippen LogP contribution in [0.1, 0.15) is 56.9 Å². The Labute approximate surface area is 194 Å². The minimum absolute atomic E-state index is 0.121. The van der Waals surface area contributed by atoms with Crippen molar-refractivity contribution in [3.05, 3.63) is 65.5 Å². The Morgan fingerprint density at radius 2 is 2.00 bits per heavy atom. The molecule has 5 nitrogen and oxygen atoms in total. The van der Waals surface area contributed by atoms with E-state index in [1.54, 1.807) is 0 Å². The number of aliphatic hydroxyl groups is 2. The van der Waals surface area contributed by atoms with Crippen LogP contribution in [0.5, 0.6) is 0 Å². The molecule has 2 bridgehead atoms. The van der Waals surface area contributed by atoms with E-state index in [0.29, 0.717) is 18.3 Å². The maximum atomic E-state index is 10.9. The summed E-state index contributed by atoms with van der Waals surface area (Å²) in [7, 11) is 0. The standard InChI is InChI=1S/C28H32N2O3/c1-26-8-6-19-13-21-24(31)25(32)22(29)14-27(21)9-10-28(19,33-27)23(26)5-4-20(26)17-2-3-18-15-30-11-7-16(18)12-17/h2-3,6-7,11-13,15,20,22-25,31-32H,4-5,8-10,14,29H2,1H3/t20-,22+,23-,24-,25-,26-,27-,28-/m1/s1. The fourth-order valence-electron chi connectivity index (χ4n) is 8.36. The number of pyridine rings is 1. The second kappa shape index (κ2) is 6.54. The minimum atomic E-state index is -0.942. The van der Waals surface area contributed by atoms with Gasteiger partial charge in [-0.3, -0.25) is 4.98 Å². The molecule has 172 valence electrons. The molecule has 3 heterocycles. The summed E-state index contributed by atoms with van der Waals surface area (Å²) in [5, 5.41) is 23.7. The van der Waals surface area contributed by atoms with Crippen LogP contribution in [0, 0.1) is 11.3 Å². The summed E-state index contributed by atoms with van der Waals surface area (Å²) in [5.74, 6) is 0.916. The zero-order valence-corrected chi connectivity index (χ0v) is 19.1. The number of benzene rings is 1. The largest absolute Gasteiger partial charge is 0.388 e. The summed E-state index contributed by atoms with van der Waals surface area (Å²) >= 11 is 0. The smallest absolute Gasteiger partial charge is 0.105 e. The highest BCUT2D eigenvalue weighted by Crippen LogP contribution is 2.69.